The maximum atomic E-state index is 11.3. The zero-order chi connectivity index (χ0) is 16.1. The molecule has 1 aliphatic rings. The minimum atomic E-state index is -0.575. The molecule has 1 aliphatic heterocycles. The monoisotopic (exact) mass is 324 g/mol. The summed E-state index contributed by atoms with van der Waals surface area (Å²) in [5.41, 5.74) is -0.159. The molecule has 5 nitrogen and oxygen atoms in total. The highest BCUT2D eigenvalue weighted by molar-refractivity contribution is 7.99. The van der Waals surface area contributed by atoms with E-state index >= 15 is 0 Å². The van der Waals surface area contributed by atoms with E-state index in [4.69, 9.17) is 14.2 Å². The van der Waals surface area contributed by atoms with Crippen molar-refractivity contribution in [1.82, 2.24) is 0 Å². The van der Waals surface area contributed by atoms with Crippen molar-refractivity contribution in [1.29, 1.82) is 0 Å². The second-order valence-electron chi connectivity index (χ2n) is 5.16. The number of hydrogen-bond acceptors (Lipinski definition) is 6. The van der Waals surface area contributed by atoms with E-state index in [1.165, 1.54) is 13.8 Å². The molecule has 22 heavy (non-hydrogen) atoms. The van der Waals surface area contributed by atoms with E-state index in [0.717, 1.165) is 4.90 Å². The van der Waals surface area contributed by atoms with Gasteiger partial charge in [0.05, 0.1) is 6.10 Å². The average molecular weight is 324 g/mol. The van der Waals surface area contributed by atoms with Crippen LogP contribution < -0.4 is 0 Å². The summed E-state index contributed by atoms with van der Waals surface area (Å²) in [5.74, 6) is -0.800. The van der Waals surface area contributed by atoms with Crippen molar-refractivity contribution in [3.63, 3.8) is 0 Å². The Morgan fingerprint density at radius 3 is 2.36 bits per heavy atom. The Balaban J connectivity index is 2.07. The van der Waals surface area contributed by atoms with E-state index in [2.05, 4.69) is 0 Å². The van der Waals surface area contributed by atoms with Crippen LogP contribution in [-0.4, -0.2) is 35.7 Å². The van der Waals surface area contributed by atoms with Gasteiger partial charge in [0.1, 0.15) is 11.5 Å². The lowest BCUT2D eigenvalue weighted by molar-refractivity contribution is -0.194. The molecular formula is C16H20O5S. The van der Waals surface area contributed by atoms with Gasteiger partial charge in [-0.2, -0.15) is 0 Å². The number of ether oxygens (including phenoxy) is 3. The first-order chi connectivity index (χ1) is 10.5. The average Bonchev–Trinajstić information content (AvgIpc) is 2.43. The van der Waals surface area contributed by atoms with Crippen LogP contribution >= 0.6 is 11.8 Å². The Morgan fingerprint density at radius 1 is 1.14 bits per heavy atom. The SMILES string of the molecule is CC(=O)O[C@H]1[C@H](C)O[C@@H](Sc2ccccc2)C[C@@H]1OC(C)=O. The molecule has 0 spiro atoms. The predicted molar refractivity (Wildman–Crippen MR) is 82.4 cm³/mol. The molecule has 2 rings (SSSR count). The molecule has 1 saturated heterocycles. The maximum Gasteiger partial charge on any atom is 0.303 e. The van der Waals surface area contributed by atoms with Gasteiger partial charge >= 0.3 is 11.9 Å². The molecule has 0 radical (unpaired) electrons. The second-order valence-corrected chi connectivity index (χ2v) is 6.39. The number of carbonyl (C=O) groups excluding carboxylic acids is 2. The van der Waals surface area contributed by atoms with Gasteiger partial charge in [-0.25, -0.2) is 0 Å². The Kier molecular flexibility index (Phi) is 5.85. The quantitative estimate of drug-likeness (QED) is 0.794. The fraction of sp³-hybridized carbons (Fsp3) is 0.500. The molecule has 1 fully saturated rings. The summed E-state index contributed by atoms with van der Waals surface area (Å²) in [7, 11) is 0. The maximum absolute atomic E-state index is 11.3. The standard InChI is InChI=1S/C16H20O5S/c1-10-16(21-12(3)18)14(20-11(2)17)9-15(19-10)22-13-7-5-4-6-8-13/h4-8,10,14-16H,9H2,1-3H3/t10-,14-,15-,16-/m0/s1. The van der Waals surface area contributed by atoms with Gasteiger partial charge < -0.3 is 14.2 Å². The van der Waals surface area contributed by atoms with Gasteiger partial charge in [0.2, 0.25) is 0 Å². The van der Waals surface area contributed by atoms with E-state index in [9.17, 15) is 9.59 Å². The highest BCUT2D eigenvalue weighted by Gasteiger charge is 2.41. The van der Waals surface area contributed by atoms with Crippen molar-refractivity contribution in [3.05, 3.63) is 30.3 Å². The molecule has 1 aromatic carbocycles. The summed E-state index contributed by atoms with van der Waals surface area (Å²) in [4.78, 5) is 23.6. The molecule has 0 bridgehead atoms. The Morgan fingerprint density at radius 2 is 1.77 bits per heavy atom. The van der Waals surface area contributed by atoms with Crippen molar-refractivity contribution < 1.29 is 23.8 Å². The number of esters is 2. The third kappa shape index (κ3) is 4.74. The molecular weight excluding hydrogens is 304 g/mol. The second kappa shape index (κ2) is 7.65. The lowest BCUT2D eigenvalue weighted by Gasteiger charge is -2.38. The lowest BCUT2D eigenvalue weighted by atomic mass is 10.0. The zero-order valence-corrected chi connectivity index (χ0v) is 13.7. The topological polar surface area (TPSA) is 61.8 Å². The first kappa shape index (κ1) is 16.8. The highest BCUT2D eigenvalue weighted by Crippen LogP contribution is 2.34. The third-order valence-electron chi connectivity index (χ3n) is 3.25. The summed E-state index contributed by atoms with van der Waals surface area (Å²) in [5, 5.41) is 0. The smallest absolute Gasteiger partial charge is 0.303 e. The largest absolute Gasteiger partial charge is 0.458 e. The zero-order valence-electron chi connectivity index (χ0n) is 12.9. The molecule has 0 unspecified atom stereocenters. The van der Waals surface area contributed by atoms with Crippen LogP contribution in [0.2, 0.25) is 0 Å². The van der Waals surface area contributed by atoms with Gasteiger partial charge in [0.15, 0.2) is 6.10 Å². The van der Waals surface area contributed by atoms with Crippen molar-refractivity contribution >= 4 is 23.7 Å². The minimum Gasteiger partial charge on any atom is -0.458 e. The van der Waals surface area contributed by atoms with Crippen LogP contribution in [0.3, 0.4) is 0 Å². The van der Waals surface area contributed by atoms with Crippen molar-refractivity contribution in [2.75, 3.05) is 0 Å². The summed E-state index contributed by atoms with van der Waals surface area (Å²) >= 11 is 1.57. The first-order valence-electron chi connectivity index (χ1n) is 7.17. The van der Waals surface area contributed by atoms with Crippen LogP contribution in [-0.2, 0) is 23.8 Å². The molecule has 1 heterocycles. The summed E-state index contributed by atoms with van der Waals surface area (Å²) < 4.78 is 16.5. The van der Waals surface area contributed by atoms with Crippen molar-refractivity contribution in [3.8, 4) is 0 Å². The number of rotatable bonds is 4. The third-order valence-corrected chi connectivity index (χ3v) is 4.36. The van der Waals surface area contributed by atoms with Crippen LogP contribution in [0.15, 0.2) is 35.2 Å². The van der Waals surface area contributed by atoms with Crippen LogP contribution in [0.5, 0.6) is 0 Å². The Hall–Kier alpha value is -1.53. The molecule has 0 aliphatic carbocycles. The molecule has 120 valence electrons. The van der Waals surface area contributed by atoms with Gasteiger partial charge in [-0.3, -0.25) is 9.59 Å². The molecule has 0 aromatic heterocycles. The fourth-order valence-electron chi connectivity index (χ4n) is 2.42. The molecule has 6 heteroatoms. The number of thioether (sulfide) groups is 1. The van der Waals surface area contributed by atoms with Crippen LogP contribution in [0.25, 0.3) is 0 Å². The fourth-order valence-corrected chi connectivity index (χ4v) is 3.55. The van der Waals surface area contributed by atoms with Crippen LogP contribution in [0.1, 0.15) is 27.2 Å². The van der Waals surface area contributed by atoms with E-state index in [-0.39, 0.29) is 17.5 Å². The molecule has 0 amide bonds. The number of carbonyl (C=O) groups is 2. The van der Waals surface area contributed by atoms with Crippen LogP contribution in [0.4, 0.5) is 0 Å². The van der Waals surface area contributed by atoms with Gasteiger partial charge in [-0.15, -0.1) is 0 Å². The minimum absolute atomic E-state index is 0.159. The van der Waals surface area contributed by atoms with Gasteiger partial charge in [-0.1, -0.05) is 30.0 Å². The molecule has 0 saturated carbocycles. The lowest BCUT2D eigenvalue weighted by Crippen LogP contribution is -2.49. The molecule has 0 N–H and O–H groups in total. The summed E-state index contributed by atoms with van der Waals surface area (Å²) in [6.45, 7) is 4.51. The highest BCUT2D eigenvalue weighted by atomic mass is 32.2. The van der Waals surface area contributed by atoms with Crippen LogP contribution in [0, 0.1) is 0 Å². The Labute approximate surface area is 134 Å². The number of benzene rings is 1. The van der Waals surface area contributed by atoms with Gasteiger partial charge in [0.25, 0.3) is 0 Å². The molecule has 1 aromatic rings. The summed E-state index contributed by atoms with van der Waals surface area (Å²) in [6.07, 6.45) is -0.940. The number of hydrogen-bond donors (Lipinski definition) is 0. The van der Waals surface area contributed by atoms with E-state index in [1.807, 2.05) is 37.3 Å². The molecule has 4 atom stereocenters. The van der Waals surface area contributed by atoms with E-state index < -0.39 is 18.2 Å². The van der Waals surface area contributed by atoms with Crippen molar-refractivity contribution in [2.24, 2.45) is 0 Å². The van der Waals surface area contributed by atoms with Gasteiger partial charge in [0, 0.05) is 25.2 Å². The van der Waals surface area contributed by atoms with E-state index in [0.29, 0.717) is 6.42 Å². The van der Waals surface area contributed by atoms with Gasteiger partial charge in [-0.05, 0) is 19.1 Å². The Bertz CT molecular complexity index is 519. The predicted octanol–water partition coefficient (Wildman–Crippen LogP) is 2.78. The summed E-state index contributed by atoms with van der Waals surface area (Å²) in [6, 6.07) is 9.86. The first-order valence-corrected chi connectivity index (χ1v) is 8.05. The van der Waals surface area contributed by atoms with E-state index in [1.54, 1.807) is 11.8 Å². The normalized spacial score (nSPS) is 28.0. The van der Waals surface area contributed by atoms with Crippen molar-refractivity contribution in [2.45, 2.75) is 55.8 Å².